The Bertz CT molecular complexity index is 368. The molecular weight excluding hydrogens is 429 g/mol. The first kappa shape index (κ1) is 23.0. The lowest BCUT2D eigenvalue weighted by atomic mass is 9.83. The van der Waals surface area contributed by atoms with Gasteiger partial charge in [0.2, 0.25) is 0 Å². The van der Waals surface area contributed by atoms with Crippen molar-refractivity contribution in [1.82, 2.24) is 10.6 Å². The molecule has 2 fully saturated rings. The van der Waals surface area contributed by atoms with Crippen molar-refractivity contribution in [1.29, 1.82) is 0 Å². The SMILES string of the molecule is CN=C(NCCCOC1CCCC1)NCC1(CCOC)CCCC1.I. The second-order valence-corrected chi connectivity index (χ2v) is 7.43. The maximum absolute atomic E-state index is 5.91. The Morgan fingerprint density at radius 2 is 1.80 bits per heavy atom. The van der Waals surface area contributed by atoms with Crippen LogP contribution in [-0.4, -0.2) is 52.5 Å². The second-order valence-electron chi connectivity index (χ2n) is 7.43. The molecule has 148 valence electrons. The predicted octanol–water partition coefficient (Wildman–Crippen LogP) is 3.72. The van der Waals surface area contributed by atoms with E-state index in [1.54, 1.807) is 7.11 Å². The Morgan fingerprint density at radius 1 is 1.08 bits per heavy atom. The number of nitrogens with zero attached hydrogens (tertiary/aromatic N) is 1. The number of hydrogen-bond acceptors (Lipinski definition) is 3. The van der Waals surface area contributed by atoms with Crippen molar-refractivity contribution in [3.63, 3.8) is 0 Å². The van der Waals surface area contributed by atoms with Gasteiger partial charge in [0.25, 0.3) is 0 Å². The zero-order valence-corrected chi connectivity index (χ0v) is 18.5. The number of hydrogen-bond donors (Lipinski definition) is 2. The van der Waals surface area contributed by atoms with Gasteiger partial charge in [-0.15, -0.1) is 24.0 Å². The molecule has 2 rings (SSSR count). The number of nitrogens with one attached hydrogen (secondary N) is 2. The van der Waals surface area contributed by atoms with Crippen LogP contribution in [0.25, 0.3) is 0 Å². The molecule has 2 aliphatic carbocycles. The molecule has 0 atom stereocenters. The molecule has 5 nitrogen and oxygen atoms in total. The van der Waals surface area contributed by atoms with E-state index in [-0.39, 0.29) is 24.0 Å². The van der Waals surface area contributed by atoms with Crippen LogP contribution >= 0.6 is 24.0 Å². The van der Waals surface area contributed by atoms with Gasteiger partial charge in [0.15, 0.2) is 5.96 Å². The molecular formula is C19H38IN3O2. The molecule has 0 bridgehead atoms. The Balaban J connectivity index is 0.00000312. The van der Waals surface area contributed by atoms with Crippen molar-refractivity contribution in [2.24, 2.45) is 10.4 Å². The number of halogens is 1. The lowest BCUT2D eigenvalue weighted by Crippen LogP contribution is -2.43. The summed E-state index contributed by atoms with van der Waals surface area (Å²) >= 11 is 0. The third-order valence-corrected chi connectivity index (χ3v) is 5.62. The average Bonchev–Trinajstić information content (AvgIpc) is 3.28. The van der Waals surface area contributed by atoms with Crippen LogP contribution < -0.4 is 10.6 Å². The van der Waals surface area contributed by atoms with E-state index in [9.17, 15) is 0 Å². The summed E-state index contributed by atoms with van der Waals surface area (Å²) in [5, 5.41) is 6.96. The molecule has 0 aromatic carbocycles. The summed E-state index contributed by atoms with van der Waals surface area (Å²) < 4.78 is 11.2. The van der Waals surface area contributed by atoms with Gasteiger partial charge >= 0.3 is 0 Å². The number of rotatable bonds is 10. The van der Waals surface area contributed by atoms with E-state index in [2.05, 4.69) is 15.6 Å². The fourth-order valence-corrected chi connectivity index (χ4v) is 4.03. The fraction of sp³-hybridized carbons (Fsp3) is 0.947. The first-order valence-corrected chi connectivity index (χ1v) is 9.83. The molecule has 2 N–H and O–H groups in total. The molecule has 2 aliphatic rings. The van der Waals surface area contributed by atoms with Crippen LogP contribution in [0.3, 0.4) is 0 Å². The Morgan fingerprint density at radius 3 is 2.44 bits per heavy atom. The number of methoxy groups -OCH3 is 1. The smallest absolute Gasteiger partial charge is 0.190 e. The quantitative estimate of drug-likeness (QED) is 0.223. The third kappa shape index (κ3) is 8.43. The second kappa shape index (κ2) is 13.1. The van der Waals surface area contributed by atoms with Crippen molar-refractivity contribution in [2.75, 3.05) is 40.5 Å². The maximum atomic E-state index is 5.91. The largest absolute Gasteiger partial charge is 0.385 e. The number of guanidine groups is 1. The van der Waals surface area contributed by atoms with E-state index in [1.165, 1.54) is 51.4 Å². The van der Waals surface area contributed by atoms with Crippen LogP contribution in [0.4, 0.5) is 0 Å². The zero-order valence-electron chi connectivity index (χ0n) is 16.1. The minimum absolute atomic E-state index is 0. The highest BCUT2D eigenvalue weighted by molar-refractivity contribution is 14.0. The van der Waals surface area contributed by atoms with Crippen molar-refractivity contribution in [3.8, 4) is 0 Å². The monoisotopic (exact) mass is 467 g/mol. The van der Waals surface area contributed by atoms with Gasteiger partial charge in [-0.05, 0) is 43.9 Å². The molecule has 2 saturated carbocycles. The standard InChI is InChI=1S/C19H37N3O2.HI/c1-20-18(21-13-7-14-24-17-8-3-4-9-17)22-16-19(12-15-23-2)10-5-6-11-19;/h17H,3-16H2,1-2H3,(H2,20,21,22);1H. The van der Waals surface area contributed by atoms with Crippen LogP contribution in [0.1, 0.15) is 64.2 Å². The summed E-state index contributed by atoms with van der Waals surface area (Å²) in [7, 11) is 3.64. The van der Waals surface area contributed by atoms with Crippen molar-refractivity contribution in [3.05, 3.63) is 0 Å². The van der Waals surface area contributed by atoms with E-state index in [1.807, 2.05) is 7.05 Å². The van der Waals surface area contributed by atoms with E-state index in [4.69, 9.17) is 9.47 Å². The Kier molecular flexibility index (Phi) is 12.1. The highest BCUT2D eigenvalue weighted by atomic mass is 127. The molecule has 0 heterocycles. The molecule has 25 heavy (non-hydrogen) atoms. The lowest BCUT2D eigenvalue weighted by Gasteiger charge is -2.30. The summed E-state index contributed by atoms with van der Waals surface area (Å²) in [6, 6.07) is 0. The predicted molar refractivity (Wildman–Crippen MR) is 115 cm³/mol. The minimum Gasteiger partial charge on any atom is -0.385 e. The highest BCUT2D eigenvalue weighted by Crippen LogP contribution is 2.40. The Labute approximate surface area is 171 Å². The maximum Gasteiger partial charge on any atom is 0.190 e. The van der Waals surface area contributed by atoms with Crippen LogP contribution in [0, 0.1) is 5.41 Å². The summed E-state index contributed by atoms with van der Waals surface area (Å²) in [6.07, 6.45) is 13.2. The van der Waals surface area contributed by atoms with Gasteiger partial charge in [-0.1, -0.05) is 25.7 Å². The van der Waals surface area contributed by atoms with Crippen LogP contribution in [0.15, 0.2) is 4.99 Å². The number of ether oxygens (including phenoxy) is 2. The third-order valence-electron chi connectivity index (χ3n) is 5.62. The van der Waals surface area contributed by atoms with E-state index in [0.29, 0.717) is 11.5 Å². The topological polar surface area (TPSA) is 54.9 Å². The van der Waals surface area contributed by atoms with Gasteiger partial charge in [0.1, 0.15) is 0 Å². The van der Waals surface area contributed by atoms with Gasteiger partial charge in [0.05, 0.1) is 6.10 Å². The van der Waals surface area contributed by atoms with E-state index in [0.717, 1.165) is 45.1 Å². The molecule has 6 heteroatoms. The minimum atomic E-state index is 0. The number of aliphatic imine (C=N–C) groups is 1. The van der Waals surface area contributed by atoms with Gasteiger partial charge in [-0.2, -0.15) is 0 Å². The van der Waals surface area contributed by atoms with Gasteiger partial charge in [0, 0.05) is 40.5 Å². The van der Waals surface area contributed by atoms with Crippen LogP contribution in [0.2, 0.25) is 0 Å². The first-order valence-electron chi connectivity index (χ1n) is 9.83. The molecule has 0 aromatic heterocycles. The van der Waals surface area contributed by atoms with E-state index < -0.39 is 0 Å². The molecule has 0 radical (unpaired) electrons. The highest BCUT2D eigenvalue weighted by Gasteiger charge is 2.33. The van der Waals surface area contributed by atoms with Gasteiger partial charge < -0.3 is 20.1 Å². The summed E-state index contributed by atoms with van der Waals surface area (Å²) in [6.45, 7) is 3.62. The van der Waals surface area contributed by atoms with Crippen LogP contribution in [0.5, 0.6) is 0 Å². The molecule has 0 aliphatic heterocycles. The zero-order chi connectivity index (χ0) is 17.1. The fourth-order valence-electron chi connectivity index (χ4n) is 4.03. The van der Waals surface area contributed by atoms with Crippen LogP contribution in [-0.2, 0) is 9.47 Å². The first-order chi connectivity index (χ1) is 11.8. The average molecular weight is 467 g/mol. The molecule has 0 spiro atoms. The molecule has 0 saturated heterocycles. The van der Waals surface area contributed by atoms with Gasteiger partial charge in [-0.3, -0.25) is 4.99 Å². The van der Waals surface area contributed by atoms with E-state index >= 15 is 0 Å². The normalized spacial score (nSPS) is 20.5. The van der Waals surface area contributed by atoms with Crippen molar-refractivity contribution >= 4 is 29.9 Å². The summed E-state index contributed by atoms with van der Waals surface area (Å²) in [5.74, 6) is 0.916. The summed E-state index contributed by atoms with van der Waals surface area (Å²) in [4.78, 5) is 4.36. The lowest BCUT2D eigenvalue weighted by molar-refractivity contribution is 0.0573. The summed E-state index contributed by atoms with van der Waals surface area (Å²) in [5.41, 5.74) is 0.388. The molecule has 0 aromatic rings. The van der Waals surface area contributed by atoms with Crippen molar-refractivity contribution in [2.45, 2.75) is 70.3 Å². The Hall–Kier alpha value is -0.0800. The van der Waals surface area contributed by atoms with Gasteiger partial charge in [-0.25, -0.2) is 0 Å². The molecule has 0 amide bonds. The molecule has 0 unspecified atom stereocenters. The van der Waals surface area contributed by atoms with Crippen molar-refractivity contribution < 1.29 is 9.47 Å².